The van der Waals surface area contributed by atoms with E-state index >= 15 is 0 Å². The smallest absolute Gasteiger partial charge is 0.159 e. The van der Waals surface area contributed by atoms with Crippen LogP contribution in [0.4, 0.5) is 0 Å². The summed E-state index contributed by atoms with van der Waals surface area (Å²) in [4.78, 5) is 8.83. The lowest BCUT2D eigenvalue weighted by molar-refractivity contribution is 1.11. The molecule has 20 heavy (non-hydrogen) atoms. The second-order valence-electron chi connectivity index (χ2n) is 4.97. The monoisotopic (exact) mass is 260 g/mol. The highest BCUT2D eigenvalue weighted by atomic mass is 14.9. The Labute approximate surface area is 119 Å². The maximum absolute atomic E-state index is 4.48. The van der Waals surface area contributed by atoms with Crippen LogP contribution in [0.2, 0.25) is 0 Å². The zero-order valence-corrected chi connectivity index (χ0v) is 11.7. The standard InChI is InChI=1S/C18H16N2/c1-13-6-8-15(9-7-13)16-4-3-5-17(12-16)18-19-11-10-14(2)20-18/h3-12H,1-2H3. The summed E-state index contributed by atoms with van der Waals surface area (Å²) in [5.74, 6) is 0.777. The third kappa shape index (κ3) is 2.59. The molecule has 0 N–H and O–H groups in total. The molecule has 2 nitrogen and oxygen atoms in total. The average Bonchev–Trinajstić information content (AvgIpc) is 2.48. The molecule has 1 aromatic heterocycles. The number of aromatic nitrogens is 2. The van der Waals surface area contributed by atoms with Crippen LogP contribution in [0.5, 0.6) is 0 Å². The Bertz CT molecular complexity index is 730. The van der Waals surface area contributed by atoms with Gasteiger partial charge in [-0.05, 0) is 37.1 Å². The first kappa shape index (κ1) is 12.5. The summed E-state index contributed by atoms with van der Waals surface area (Å²) in [7, 11) is 0. The van der Waals surface area contributed by atoms with Gasteiger partial charge in [-0.25, -0.2) is 9.97 Å². The Morgan fingerprint density at radius 2 is 1.50 bits per heavy atom. The molecule has 0 spiro atoms. The van der Waals surface area contributed by atoms with Crippen LogP contribution in [0.3, 0.4) is 0 Å². The van der Waals surface area contributed by atoms with Gasteiger partial charge < -0.3 is 0 Å². The molecule has 0 atom stereocenters. The Balaban J connectivity index is 2.03. The van der Waals surface area contributed by atoms with Crippen LogP contribution >= 0.6 is 0 Å². The second-order valence-corrected chi connectivity index (χ2v) is 4.97. The van der Waals surface area contributed by atoms with Gasteiger partial charge in [-0.1, -0.05) is 48.0 Å². The SMILES string of the molecule is Cc1ccc(-c2cccc(-c3nccc(C)n3)c2)cc1. The second kappa shape index (κ2) is 5.25. The van der Waals surface area contributed by atoms with Crippen molar-refractivity contribution in [1.29, 1.82) is 0 Å². The molecular weight excluding hydrogens is 244 g/mol. The number of hydrogen-bond donors (Lipinski definition) is 0. The molecule has 98 valence electrons. The Kier molecular flexibility index (Phi) is 3.30. The number of hydrogen-bond acceptors (Lipinski definition) is 2. The van der Waals surface area contributed by atoms with Crippen molar-refractivity contribution in [1.82, 2.24) is 9.97 Å². The molecule has 0 amide bonds. The quantitative estimate of drug-likeness (QED) is 0.681. The summed E-state index contributed by atoms with van der Waals surface area (Å²) in [5.41, 5.74) is 5.70. The minimum Gasteiger partial charge on any atom is -0.237 e. The van der Waals surface area contributed by atoms with E-state index in [1.54, 1.807) is 6.20 Å². The van der Waals surface area contributed by atoms with E-state index in [0.29, 0.717) is 0 Å². The number of nitrogens with zero attached hydrogens (tertiary/aromatic N) is 2. The highest BCUT2D eigenvalue weighted by Gasteiger charge is 2.04. The first-order valence-corrected chi connectivity index (χ1v) is 6.69. The highest BCUT2D eigenvalue weighted by Crippen LogP contribution is 2.24. The number of rotatable bonds is 2. The van der Waals surface area contributed by atoms with Crippen molar-refractivity contribution in [3.05, 3.63) is 72.1 Å². The van der Waals surface area contributed by atoms with E-state index in [4.69, 9.17) is 0 Å². The summed E-state index contributed by atoms with van der Waals surface area (Å²) in [6, 6.07) is 18.8. The van der Waals surface area contributed by atoms with Crippen molar-refractivity contribution in [3.8, 4) is 22.5 Å². The summed E-state index contributed by atoms with van der Waals surface area (Å²) in [5, 5.41) is 0. The number of aryl methyl sites for hydroxylation is 2. The van der Waals surface area contributed by atoms with Crippen molar-refractivity contribution < 1.29 is 0 Å². The lowest BCUT2D eigenvalue weighted by Gasteiger charge is -2.06. The predicted molar refractivity (Wildman–Crippen MR) is 82.4 cm³/mol. The molecule has 0 aliphatic heterocycles. The number of benzene rings is 2. The lowest BCUT2D eigenvalue weighted by Crippen LogP contribution is -1.90. The minimum atomic E-state index is 0.777. The van der Waals surface area contributed by atoms with Gasteiger partial charge >= 0.3 is 0 Å². The molecule has 2 aromatic carbocycles. The minimum absolute atomic E-state index is 0.777. The molecular formula is C18H16N2. The molecule has 2 heteroatoms. The van der Waals surface area contributed by atoms with Crippen LogP contribution in [0.15, 0.2) is 60.8 Å². The molecule has 0 saturated carbocycles. The van der Waals surface area contributed by atoms with Crippen LogP contribution in [0.25, 0.3) is 22.5 Å². The van der Waals surface area contributed by atoms with Gasteiger partial charge in [-0.3, -0.25) is 0 Å². The van der Waals surface area contributed by atoms with Crippen molar-refractivity contribution in [2.24, 2.45) is 0 Å². The van der Waals surface area contributed by atoms with Gasteiger partial charge in [0.1, 0.15) is 0 Å². The van der Waals surface area contributed by atoms with Crippen molar-refractivity contribution >= 4 is 0 Å². The molecule has 0 bridgehead atoms. The zero-order chi connectivity index (χ0) is 13.9. The predicted octanol–water partition coefficient (Wildman–Crippen LogP) is 4.43. The van der Waals surface area contributed by atoms with Crippen LogP contribution in [0, 0.1) is 13.8 Å². The molecule has 0 aliphatic rings. The molecule has 0 aliphatic carbocycles. The molecule has 1 heterocycles. The van der Waals surface area contributed by atoms with E-state index in [1.807, 2.05) is 19.1 Å². The van der Waals surface area contributed by atoms with Crippen LogP contribution in [0.1, 0.15) is 11.3 Å². The molecule has 0 fully saturated rings. The average molecular weight is 260 g/mol. The summed E-state index contributed by atoms with van der Waals surface area (Å²) in [6.07, 6.45) is 1.80. The van der Waals surface area contributed by atoms with Gasteiger partial charge in [0.25, 0.3) is 0 Å². The molecule has 3 aromatic rings. The fraction of sp³-hybridized carbons (Fsp3) is 0.111. The lowest BCUT2D eigenvalue weighted by atomic mass is 10.0. The molecule has 0 radical (unpaired) electrons. The third-order valence-corrected chi connectivity index (χ3v) is 3.30. The maximum Gasteiger partial charge on any atom is 0.159 e. The Morgan fingerprint density at radius 1 is 0.750 bits per heavy atom. The molecule has 3 rings (SSSR count). The van der Waals surface area contributed by atoms with Gasteiger partial charge in [-0.15, -0.1) is 0 Å². The van der Waals surface area contributed by atoms with Crippen molar-refractivity contribution in [2.75, 3.05) is 0 Å². The van der Waals surface area contributed by atoms with E-state index in [0.717, 1.165) is 17.1 Å². The summed E-state index contributed by atoms with van der Waals surface area (Å²) in [6.45, 7) is 4.08. The van der Waals surface area contributed by atoms with Crippen LogP contribution < -0.4 is 0 Å². The Hall–Kier alpha value is -2.48. The van der Waals surface area contributed by atoms with E-state index in [-0.39, 0.29) is 0 Å². The van der Waals surface area contributed by atoms with E-state index in [9.17, 15) is 0 Å². The largest absolute Gasteiger partial charge is 0.237 e. The highest BCUT2D eigenvalue weighted by molar-refractivity contribution is 5.70. The van der Waals surface area contributed by atoms with Crippen LogP contribution in [-0.2, 0) is 0 Å². The van der Waals surface area contributed by atoms with Crippen molar-refractivity contribution in [2.45, 2.75) is 13.8 Å². The van der Waals surface area contributed by atoms with Crippen molar-refractivity contribution in [3.63, 3.8) is 0 Å². The van der Waals surface area contributed by atoms with Gasteiger partial charge in [0, 0.05) is 17.5 Å². The van der Waals surface area contributed by atoms with Gasteiger partial charge in [0.2, 0.25) is 0 Å². The van der Waals surface area contributed by atoms with Gasteiger partial charge in [0.05, 0.1) is 0 Å². The maximum atomic E-state index is 4.48. The van der Waals surface area contributed by atoms with Gasteiger partial charge in [-0.2, -0.15) is 0 Å². The van der Waals surface area contributed by atoms with Gasteiger partial charge in [0.15, 0.2) is 5.82 Å². The molecule has 0 unspecified atom stereocenters. The van der Waals surface area contributed by atoms with Crippen LogP contribution in [-0.4, -0.2) is 9.97 Å². The normalized spacial score (nSPS) is 10.5. The fourth-order valence-corrected chi connectivity index (χ4v) is 2.17. The first-order chi connectivity index (χ1) is 9.72. The van der Waals surface area contributed by atoms with E-state index in [1.165, 1.54) is 16.7 Å². The zero-order valence-electron chi connectivity index (χ0n) is 11.7. The van der Waals surface area contributed by atoms with E-state index in [2.05, 4.69) is 59.4 Å². The topological polar surface area (TPSA) is 25.8 Å². The molecule has 0 saturated heterocycles. The Morgan fingerprint density at radius 3 is 2.25 bits per heavy atom. The fourth-order valence-electron chi connectivity index (χ4n) is 2.17. The third-order valence-electron chi connectivity index (χ3n) is 3.30. The summed E-state index contributed by atoms with van der Waals surface area (Å²) < 4.78 is 0. The first-order valence-electron chi connectivity index (χ1n) is 6.69. The van der Waals surface area contributed by atoms with E-state index < -0.39 is 0 Å². The summed E-state index contributed by atoms with van der Waals surface area (Å²) >= 11 is 0.